The van der Waals surface area contributed by atoms with Crippen LogP contribution < -0.4 is 4.74 Å². The third-order valence-corrected chi connectivity index (χ3v) is 8.08. The molecule has 0 bridgehead atoms. The number of piperidine rings is 1. The van der Waals surface area contributed by atoms with Gasteiger partial charge in [-0.05, 0) is 80.4 Å². The van der Waals surface area contributed by atoms with Gasteiger partial charge in [-0.2, -0.15) is 0 Å². The molecule has 36 heavy (non-hydrogen) atoms. The van der Waals surface area contributed by atoms with Crippen molar-refractivity contribution in [2.75, 3.05) is 32.8 Å². The summed E-state index contributed by atoms with van der Waals surface area (Å²) >= 11 is 0. The minimum atomic E-state index is -1.58. The first kappa shape index (κ1) is 26.6. The summed E-state index contributed by atoms with van der Waals surface area (Å²) in [6.45, 7) is 7.21. The maximum atomic E-state index is 15.0. The van der Waals surface area contributed by atoms with Crippen molar-refractivity contribution in [3.05, 3.63) is 53.8 Å². The summed E-state index contributed by atoms with van der Waals surface area (Å²) in [5.41, 5.74) is -1.01. The van der Waals surface area contributed by atoms with Crippen LogP contribution in [0.5, 0.6) is 5.75 Å². The van der Waals surface area contributed by atoms with Crippen LogP contribution in [0.4, 0.5) is 8.78 Å². The zero-order chi connectivity index (χ0) is 25.8. The van der Waals surface area contributed by atoms with Crippen molar-refractivity contribution in [1.82, 2.24) is 9.80 Å². The number of hydrogen-bond acceptors (Lipinski definition) is 4. The Morgan fingerprint density at radius 1 is 1.08 bits per heavy atom. The zero-order valence-corrected chi connectivity index (χ0v) is 21.4. The fourth-order valence-electron chi connectivity index (χ4n) is 5.42. The number of likely N-dealkylation sites (tertiary alicyclic amines) is 2. The highest BCUT2D eigenvalue weighted by atomic mass is 19.1. The first-order chi connectivity index (χ1) is 17.3. The number of benzene rings is 2. The Bertz CT molecular complexity index is 1020. The van der Waals surface area contributed by atoms with Gasteiger partial charge in [-0.15, -0.1) is 0 Å². The summed E-state index contributed by atoms with van der Waals surface area (Å²) in [7, 11) is 0. The molecule has 1 atom stereocenters. The lowest BCUT2D eigenvalue weighted by Crippen LogP contribution is -2.44. The van der Waals surface area contributed by atoms with Crippen molar-refractivity contribution < 1.29 is 23.4 Å². The van der Waals surface area contributed by atoms with Crippen LogP contribution in [0.2, 0.25) is 0 Å². The van der Waals surface area contributed by atoms with Crippen LogP contribution in [-0.4, -0.2) is 59.8 Å². The zero-order valence-electron chi connectivity index (χ0n) is 21.4. The standard InChI is InChI=1S/C29H38F2N2O3/c1-3-28(31,4-2)20-32-16-12-22(13-17-32)19-36-25-9-6-23(7-10-25)24-8-11-26(27(30)18-24)29(35)14-5-15-33(29)21-34/h6-11,18,21-22,35H,3-5,12-17,19-20H2,1-2H3/t29-/m0/s1. The Labute approximate surface area is 213 Å². The van der Waals surface area contributed by atoms with E-state index >= 15 is 0 Å². The van der Waals surface area contributed by atoms with Gasteiger partial charge in [0.2, 0.25) is 6.41 Å². The number of hydrogen-bond donors (Lipinski definition) is 1. The summed E-state index contributed by atoms with van der Waals surface area (Å²) in [6.07, 6.45) is 4.65. The van der Waals surface area contributed by atoms with Crippen LogP contribution in [0.1, 0.15) is 57.9 Å². The van der Waals surface area contributed by atoms with E-state index in [2.05, 4.69) is 4.90 Å². The number of nitrogens with zero attached hydrogens (tertiary/aromatic N) is 2. The monoisotopic (exact) mass is 500 g/mol. The van der Waals surface area contributed by atoms with Gasteiger partial charge >= 0.3 is 0 Å². The summed E-state index contributed by atoms with van der Waals surface area (Å²) in [5, 5.41) is 10.9. The molecule has 2 aliphatic rings. The molecule has 0 spiro atoms. The summed E-state index contributed by atoms with van der Waals surface area (Å²) in [4.78, 5) is 14.8. The molecule has 2 fully saturated rings. The van der Waals surface area contributed by atoms with Gasteiger partial charge in [-0.25, -0.2) is 8.78 Å². The number of rotatable bonds is 10. The molecule has 2 heterocycles. The van der Waals surface area contributed by atoms with Gasteiger partial charge in [0.15, 0.2) is 5.72 Å². The minimum absolute atomic E-state index is 0.128. The van der Waals surface area contributed by atoms with Crippen molar-refractivity contribution in [2.24, 2.45) is 5.92 Å². The predicted molar refractivity (Wildman–Crippen MR) is 137 cm³/mol. The molecular weight excluding hydrogens is 462 g/mol. The molecule has 0 saturated carbocycles. The number of ether oxygens (including phenoxy) is 1. The second-order valence-electron chi connectivity index (χ2n) is 10.3. The normalized spacial score (nSPS) is 21.6. The average molecular weight is 501 g/mol. The molecule has 2 aromatic rings. The number of amides is 1. The molecule has 2 aliphatic heterocycles. The van der Waals surface area contributed by atoms with Gasteiger partial charge in [-0.3, -0.25) is 4.79 Å². The van der Waals surface area contributed by atoms with Crippen molar-refractivity contribution in [2.45, 2.75) is 63.8 Å². The number of alkyl halides is 1. The molecular formula is C29H38F2N2O3. The third-order valence-electron chi connectivity index (χ3n) is 8.08. The van der Waals surface area contributed by atoms with Gasteiger partial charge in [0.1, 0.15) is 17.2 Å². The lowest BCUT2D eigenvalue weighted by Gasteiger charge is -2.36. The SMILES string of the molecule is CCC(F)(CC)CN1CCC(COc2ccc(-c3ccc([C@@]4(O)CCCN4C=O)c(F)c3)cc2)CC1. The highest BCUT2D eigenvalue weighted by Crippen LogP contribution is 2.38. The lowest BCUT2D eigenvalue weighted by atomic mass is 9.94. The number of carbonyl (C=O) groups excluding carboxylic acids is 1. The first-order valence-electron chi connectivity index (χ1n) is 13.2. The highest BCUT2D eigenvalue weighted by molar-refractivity contribution is 5.65. The Morgan fingerprint density at radius 2 is 1.75 bits per heavy atom. The number of halogens is 2. The molecule has 1 N–H and O–H groups in total. The van der Waals surface area contributed by atoms with Crippen LogP contribution in [0.15, 0.2) is 42.5 Å². The van der Waals surface area contributed by atoms with Crippen LogP contribution in [0.25, 0.3) is 11.1 Å². The van der Waals surface area contributed by atoms with Crippen LogP contribution >= 0.6 is 0 Å². The van der Waals surface area contributed by atoms with E-state index in [9.17, 15) is 18.7 Å². The fourth-order valence-corrected chi connectivity index (χ4v) is 5.42. The van der Waals surface area contributed by atoms with Crippen molar-refractivity contribution in [1.29, 1.82) is 0 Å². The molecule has 0 aromatic heterocycles. The molecule has 0 radical (unpaired) electrons. The molecule has 2 aromatic carbocycles. The van der Waals surface area contributed by atoms with Gasteiger partial charge in [0.05, 0.1) is 6.61 Å². The molecule has 5 nitrogen and oxygen atoms in total. The summed E-state index contributed by atoms with van der Waals surface area (Å²) < 4.78 is 35.7. The molecule has 4 rings (SSSR count). The molecule has 0 aliphatic carbocycles. The van der Waals surface area contributed by atoms with Crippen molar-refractivity contribution in [3.63, 3.8) is 0 Å². The van der Waals surface area contributed by atoms with Crippen LogP contribution in [0, 0.1) is 11.7 Å². The average Bonchev–Trinajstić information content (AvgIpc) is 3.29. The van der Waals surface area contributed by atoms with Crippen molar-refractivity contribution >= 4 is 6.41 Å². The molecule has 2 saturated heterocycles. The van der Waals surface area contributed by atoms with E-state index in [0.717, 1.165) is 37.2 Å². The van der Waals surface area contributed by atoms with E-state index in [0.29, 0.717) is 63.3 Å². The molecule has 196 valence electrons. The Morgan fingerprint density at radius 3 is 2.36 bits per heavy atom. The van der Waals surface area contributed by atoms with Gasteiger partial charge < -0.3 is 19.6 Å². The lowest BCUT2D eigenvalue weighted by molar-refractivity contribution is -0.140. The second-order valence-corrected chi connectivity index (χ2v) is 10.3. The minimum Gasteiger partial charge on any atom is -0.493 e. The van der Waals surface area contributed by atoms with E-state index in [1.54, 1.807) is 12.1 Å². The summed E-state index contributed by atoms with van der Waals surface area (Å²) in [5.74, 6) is 0.686. The van der Waals surface area contributed by atoms with E-state index in [-0.39, 0.29) is 5.56 Å². The van der Waals surface area contributed by atoms with Crippen LogP contribution in [-0.2, 0) is 10.5 Å². The first-order valence-corrected chi connectivity index (χ1v) is 13.2. The second kappa shape index (κ2) is 11.3. The smallest absolute Gasteiger partial charge is 0.212 e. The number of carbonyl (C=O) groups is 1. The van der Waals surface area contributed by atoms with E-state index < -0.39 is 17.2 Å². The molecule has 0 unspecified atom stereocenters. The Hall–Kier alpha value is -2.51. The predicted octanol–water partition coefficient (Wildman–Crippen LogP) is 5.51. The Balaban J connectivity index is 1.31. The Kier molecular flexibility index (Phi) is 8.30. The van der Waals surface area contributed by atoms with E-state index in [1.807, 2.05) is 38.1 Å². The molecule has 1 amide bonds. The maximum absolute atomic E-state index is 15.0. The van der Waals surface area contributed by atoms with Crippen LogP contribution in [0.3, 0.4) is 0 Å². The maximum Gasteiger partial charge on any atom is 0.212 e. The molecule has 7 heteroatoms. The largest absolute Gasteiger partial charge is 0.493 e. The van der Waals surface area contributed by atoms with E-state index in [1.165, 1.54) is 11.0 Å². The topological polar surface area (TPSA) is 53.0 Å². The van der Waals surface area contributed by atoms with E-state index in [4.69, 9.17) is 4.74 Å². The highest BCUT2D eigenvalue weighted by Gasteiger charge is 2.41. The third kappa shape index (κ3) is 5.73. The quantitative estimate of drug-likeness (QED) is 0.437. The fraction of sp³-hybridized carbons (Fsp3) is 0.552. The van der Waals surface area contributed by atoms with Gasteiger partial charge in [0, 0.05) is 25.1 Å². The van der Waals surface area contributed by atoms with Gasteiger partial charge in [-0.1, -0.05) is 38.1 Å². The van der Waals surface area contributed by atoms with Gasteiger partial charge in [0.25, 0.3) is 0 Å². The number of aliphatic hydroxyl groups is 1. The summed E-state index contributed by atoms with van der Waals surface area (Å²) in [6, 6.07) is 12.3. The van der Waals surface area contributed by atoms with Crippen molar-refractivity contribution in [3.8, 4) is 16.9 Å².